The molecule has 1 unspecified atom stereocenters. The Morgan fingerprint density at radius 3 is 2.61 bits per heavy atom. The lowest BCUT2D eigenvalue weighted by Gasteiger charge is -2.43. The van der Waals surface area contributed by atoms with Crippen molar-refractivity contribution in [3.05, 3.63) is 29.8 Å². The number of hydrogen-bond donors (Lipinski definition) is 1. The Hall–Kier alpha value is -1.07. The number of para-hydroxylation sites is 1. The van der Waals surface area contributed by atoms with Crippen molar-refractivity contribution in [2.24, 2.45) is 5.73 Å². The molecule has 98 valence electrons. The molecule has 0 aromatic heterocycles. The van der Waals surface area contributed by atoms with E-state index in [2.05, 4.69) is 0 Å². The summed E-state index contributed by atoms with van der Waals surface area (Å²) < 4.78 is 29.1. The first kappa shape index (κ1) is 12.0. The van der Waals surface area contributed by atoms with Crippen LogP contribution in [0, 0.1) is 0 Å². The zero-order chi connectivity index (χ0) is 12.8. The Morgan fingerprint density at radius 1 is 1.22 bits per heavy atom. The molecule has 1 saturated heterocycles. The molecule has 1 fully saturated rings. The van der Waals surface area contributed by atoms with Crippen LogP contribution in [0.4, 0.5) is 0 Å². The summed E-state index contributed by atoms with van der Waals surface area (Å²) in [4.78, 5) is 0. The smallest absolute Gasteiger partial charge is 0.150 e. The van der Waals surface area contributed by atoms with E-state index in [4.69, 9.17) is 10.5 Å². The highest BCUT2D eigenvalue weighted by molar-refractivity contribution is 7.91. The van der Waals surface area contributed by atoms with Crippen molar-refractivity contribution in [1.29, 1.82) is 0 Å². The van der Waals surface area contributed by atoms with Crippen LogP contribution in [0.3, 0.4) is 0 Å². The number of sulfone groups is 1. The van der Waals surface area contributed by atoms with Gasteiger partial charge >= 0.3 is 0 Å². The van der Waals surface area contributed by atoms with E-state index >= 15 is 0 Å². The minimum Gasteiger partial charge on any atom is -0.487 e. The average Bonchev–Trinajstić information content (AvgIpc) is 2.34. The first-order valence-electron chi connectivity index (χ1n) is 6.24. The summed E-state index contributed by atoms with van der Waals surface area (Å²) in [5, 5.41) is 0. The summed E-state index contributed by atoms with van der Waals surface area (Å²) >= 11 is 0. The second-order valence-electron chi connectivity index (χ2n) is 5.29. The second kappa shape index (κ2) is 3.96. The fourth-order valence-electron chi connectivity index (χ4n) is 2.88. The van der Waals surface area contributed by atoms with Crippen molar-refractivity contribution < 1.29 is 13.2 Å². The normalized spacial score (nSPS) is 28.4. The van der Waals surface area contributed by atoms with Gasteiger partial charge in [-0.1, -0.05) is 18.2 Å². The average molecular weight is 267 g/mol. The van der Waals surface area contributed by atoms with Gasteiger partial charge in [0.1, 0.15) is 11.4 Å². The van der Waals surface area contributed by atoms with Crippen LogP contribution in [0.1, 0.15) is 30.9 Å². The van der Waals surface area contributed by atoms with Crippen LogP contribution >= 0.6 is 0 Å². The van der Waals surface area contributed by atoms with E-state index in [0.717, 1.165) is 11.3 Å². The van der Waals surface area contributed by atoms with Gasteiger partial charge in [0.15, 0.2) is 9.84 Å². The minimum atomic E-state index is -2.87. The fraction of sp³-hybridized carbons (Fsp3) is 0.538. The van der Waals surface area contributed by atoms with Gasteiger partial charge in [-0.15, -0.1) is 0 Å². The lowest BCUT2D eigenvalue weighted by molar-refractivity contribution is 0.0264. The molecule has 1 spiro atoms. The van der Waals surface area contributed by atoms with E-state index in [1.807, 2.05) is 24.3 Å². The van der Waals surface area contributed by atoms with Crippen LogP contribution in [0.2, 0.25) is 0 Å². The van der Waals surface area contributed by atoms with Gasteiger partial charge < -0.3 is 10.5 Å². The van der Waals surface area contributed by atoms with Gasteiger partial charge in [-0.05, 0) is 6.07 Å². The molecule has 0 radical (unpaired) electrons. The zero-order valence-corrected chi connectivity index (χ0v) is 10.9. The van der Waals surface area contributed by atoms with E-state index in [0.29, 0.717) is 19.3 Å². The van der Waals surface area contributed by atoms with Gasteiger partial charge in [0.25, 0.3) is 0 Å². The van der Waals surface area contributed by atoms with Crippen LogP contribution in [-0.2, 0) is 9.84 Å². The van der Waals surface area contributed by atoms with Crippen molar-refractivity contribution in [2.45, 2.75) is 30.9 Å². The molecular formula is C13H17NO3S. The van der Waals surface area contributed by atoms with E-state index in [-0.39, 0.29) is 23.1 Å². The number of fused-ring (bicyclic) bond motifs is 1. The fourth-order valence-corrected chi connectivity index (χ4v) is 4.45. The molecule has 0 bridgehead atoms. The molecule has 2 heterocycles. The number of rotatable bonds is 0. The molecule has 2 aliphatic heterocycles. The third-order valence-electron chi connectivity index (χ3n) is 3.97. The Kier molecular flexibility index (Phi) is 2.64. The van der Waals surface area contributed by atoms with Crippen LogP contribution < -0.4 is 10.5 Å². The van der Waals surface area contributed by atoms with Crippen molar-refractivity contribution in [2.75, 3.05) is 11.5 Å². The molecular weight excluding hydrogens is 250 g/mol. The van der Waals surface area contributed by atoms with Crippen LogP contribution in [0.5, 0.6) is 5.75 Å². The van der Waals surface area contributed by atoms with E-state index in [9.17, 15) is 8.42 Å². The lowest BCUT2D eigenvalue weighted by atomic mass is 9.83. The molecule has 0 saturated carbocycles. The van der Waals surface area contributed by atoms with E-state index in [1.54, 1.807) is 0 Å². The number of ether oxygens (including phenoxy) is 1. The number of benzene rings is 1. The quantitative estimate of drug-likeness (QED) is 0.771. The Labute approximate surface area is 107 Å². The molecule has 1 atom stereocenters. The zero-order valence-electron chi connectivity index (χ0n) is 10.1. The molecule has 1 aromatic rings. The monoisotopic (exact) mass is 267 g/mol. The second-order valence-corrected chi connectivity index (χ2v) is 7.59. The summed E-state index contributed by atoms with van der Waals surface area (Å²) in [7, 11) is -2.87. The van der Waals surface area contributed by atoms with Crippen LogP contribution in [0.25, 0.3) is 0 Å². The highest BCUT2D eigenvalue weighted by Crippen LogP contribution is 2.43. The van der Waals surface area contributed by atoms with Crippen molar-refractivity contribution >= 4 is 9.84 Å². The molecule has 0 amide bonds. The molecule has 1 aromatic carbocycles. The first-order chi connectivity index (χ1) is 8.50. The molecule has 5 heteroatoms. The lowest BCUT2D eigenvalue weighted by Crippen LogP contribution is -2.48. The number of nitrogens with two attached hydrogens (primary N) is 1. The maximum Gasteiger partial charge on any atom is 0.150 e. The minimum absolute atomic E-state index is 0.0595. The molecule has 2 N–H and O–H groups in total. The Balaban J connectivity index is 1.90. The van der Waals surface area contributed by atoms with E-state index in [1.165, 1.54) is 0 Å². The van der Waals surface area contributed by atoms with Crippen molar-refractivity contribution in [3.8, 4) is 5.75 Å². The SMILES string of the molecule is NC1CC2(CCS(=O)(=O)CC2)Oc2ccccc21. The van der Waals surface area contributed by atoms with Gasteiger partial charge in [0.05, 0.1) is 11.5 Å². The summed E-state index contributed by atoms with van der Waals surface area (Å²) in [5.41, 5.74) is 6.84. The molecule has 18 heavy (non-hydrogen) atoms. The van der Waals surface area contributed by atoms with Gasteiger partial charge in [-0.25, -0.2) is 8.42 Å². The molecule has 2 aliphatic rings. The van der Waals surface area contributed by atoms with Crippen molar-refractivity contribution in [1.82, 2.24) is 0 Å². The third-order valence-corrected chi connectivity index (χ3v) is 5.63. The van der Waals surface area contributed by atoms with Gasteiger partial charge in [-0.2, -0.15) is 0 Å². The van der Waals surface area contributed by atoms with Crippen LogP contribution in [-0.4, -0.2) is 25.5 Å². The maximum atomic E-state index is 11.5. The van der Waals surface area contributed by atoms with Crippen molar-refractivity contribution in [3.63, 3.8) is 0 Å². The molecule has 3 rings (SSSR count). The van der Waals surface area contributed by atoms with E-state index < -0.39 is 9.84 Å². The third kappa shape index (κ3) is 2.01. The maximum absolute atomic E-state index is 11.5. The molecule has 4 nitrogen and oxygen atoms in total. The van der Waals surface area contributed by atoms with Gasteiger partial charge in [0, 0.05) is 30.9 Å². The topological polar surface area (TPSA) is 69.4 Å². The predicted octanol–water partition coefficient (Wildman–Crippen LogP) is 1.42. The summed E-state index contributed by atoms with van der Waals surface area (Å²) in [6.07, 6.45) is 1.81. The predicted molar refractivity (Wildman–Crippen MR) is 69.2 cm³/mol. The largest absolute Gasteiger partial charge is 0.487 e. The first-order valence-corrected chi connectivity index (χ1v) is 8.06. The summed E-state index contributed by atoms with van der Waals surface area (Å²) in [6, 6.07) is 7.71. The van der Waals surface area contributed by atoms with Gasteiger partial charge in [0.2, 0.25) is 0 Å². The highest BCUT2D eigenvalue weighted by atomic mass is 32.2. The highest BCUT2D eigenvalue weighted by Gasteiger charge is 2.43. The van der Waals surface area contributed by atoms with Crippen LogP contribution in [0.15, 0.2) is 24.3 Å². The summed E-state index contributed by atoms with van der Waals surface area (Å²) in [6.45, 7) is 0. The molecule has 0 aliphatic carbocycles. The Morgan fingerprint density at radius 2 is 1.89 bits per heavy atom. The summed E-state index contributed by atoms with van der Waals surface area (Å²) in [5.74, 6) is 1.24. The number of hydrogen-bond acceptors (Lipinski definition) is 4. The Bertz CT molecular complexity index is 553. The standard InChI is InChI=1S/C13H17NO3S/c14-11-9-13(5-7-18(15,16)8-6-13)17-12-4-2-1-3-10(11)12/h1-4,11H,5-9,14H2. The van der Waals surface area contributed by atoms with Gasteiger partial charge in [-0.3, -0.25) is 0 Å².